The van der Waals surface area contributed by atoms with Crippen molar-refractivity contribution in [3.8, 4) is 0 Å². The number of carbonyl (C=O) groups is 2. The summed E-state index contributed by atoms with van der Waals surface area (Å²) in [5.74, 6) is -0.0195. The lowest BCUT2D eigenvalue weighted by Crippen LogP contribution is -2.58. The van der Waals surface area contributed by atoms with Crippen LogP contribution in [-0.2, 0) is 35.3 Å². The molecule has 1 aromatic carbocycles. The van der Waals surface area contributed by atoms with Gasteiger partial charge in [-0.05, 0) is 36.8 Å². The molecule has 4 rings (SSSR count). The summed E-state index contributed by atoms with van der Waals surface area (Å²) in [4.78, 5) is 27.1. The average Bonchev–Trinajstić information content (AvgIpc) is 3.12. The first-order chi connectivity index (χ1) is 13.2. The summed E-state index contributed by atoms with van der Waals surface area (Å²) in [6.45, 7) is 1.09. The van der Waals surface area contributed by atoms with E-state index in [1.54, 1.807) is 4.90 Å². The number of fused-ring (bicyclic) bond motifs is 1. The number of aromatic nitrogens is 2. The van der Waals surface area contributed by atoms with Crippen LogP contribution in [0, 0.1) is 0 Å². The van der Waals surface area contributed by atoms with Gasteiger partial charge in [0.25, 0.3) is 0 Å². The lowest BCUT2D eigenvalue weighted by Gasteiger charge is -2.35. The molecule has 6 heteroatoms. The van der Waals surface area contributed by atoms with E-state index in [2.05, 4.69) is 15.5 Å². The molecule has 6 nitrogen and oxygen atoms in total. The summed E-state index contributed by atoms with van der Waals surface area (Å²) in [7, 11) is 0. The van der Waals surface area contributed by atoms with Gasteiger partial charge in [-0.1, -0.05) is 30.3 Å². The van der Waals surface area contributed by atoms with Crippen molar-refractivity contribution in [3.63, 3.8) is 0 Å². The minimum Gasteiger partial charge on any atom is -0.353 e. The van der Waals surface area contributed by atoms with Crippen LogP contribution in [0.5, 0.6) is 0 Å². The Balaban J connectivity index is 1.43. The van der Waals surface area contributed by atoms with Crippen molar-refractivity contribution in [2.75, 3.05) is 13.1 Å². The molecule has 142 valence electrons. The normalized spacial score (nSPS) is 19.5. The number of amides is 2. The Morgan fingerprint density at radius 1 is 1.19 bits per heavy atom. The largest absolute Gasteiger partial charge is 0.353 e. The Labute approximate surface area is 159 Å². The highest BCUT2D eigenvalue weighted by Gasteiger charge is 2.33. The SMILES string of the molecule is O=C1NCCN(C(=O)CCc2n[nH]c3c2CCCC3)[C@@H]1Cc1ccccc1. The smallest absolute Gasteiger partial charge is 0.243 e. The first-order valence-corrected chi connectivity index (χ1v) is 9.88. The van der Waals surface area contributed by atoms with E-state index < -0.39 is 6.04 Å². The monoisotopic (exact) mass is 366 g/mol. The Bertz CT molecular complexity index is 815. The molecule has 0 bridgehead atoms. The van der Waals surface area contributed by atoms with Crippen LogP contribution in [0.1, 0.15) is 41.8 Å². The standard InChI is InChI=1S/C21H26N4O2/c26-20(11-10-18-16-8-4-5-9-17(16)23-24-18)25-13-12-22-21(27)19(25)14-15-6-2-1-3-7-15/h1-3,6-7,19H,4-5,8-14H2,(H,22,27)(H,23,24)/t19-/m1/s1. The number of hydrogen-bond donors (Lipinski definition) is 2. The summed E-state index contributed by atoms with van der Waals surface area (Å²) in [5, 5.41) is 10.5. The predicted molar refractivity (Wildman–Crippen MR) is 102 cm³/mol. The second kappa shape index (κ2) is 7.94. The minimum absolute atomic E-state index is 0.0401. The summed E-state index contributed by atoms with van der Waals surface area (Å²) >= 11 is 0. The fourth-order valence-electron chi connectivity index (χ4n) is 4.18. The van der Waals surface area contributed by atoms with Crippen LogP contribution in [0.4, 0.5) is 0 Å². The number of hydrogen-bond acceptors (Lipinski definition) is 3. The number of benzene rings is 1. The van der Waals surface area contributed by atoms with E-state index in [-0.39, 0.29) is 11.8 Å². The molecule has 2 N–H and O–H groups in total. The first kappa shape index (κ1) is 17.8. The van der Waals surface area contributed by atoms with E-state index in [1.807, 2.05) is 30.3 Å². The van der Waals surface area contributed by atoms with Crippen molar-refractivity contribution in [1.82, 2.24) is 20.4 Å². The molecule has 0 saturated carbocycles. The minimum atomic E-state index is -0.429. The van der Waals surface area contributed by atoms with Gasteiger partial charge in [-0.25, -0.2) is 0 Å². The fourth-order valence-corrected chi connectivity index (χ4v) is 4.18. The Kier molecular flexibility index (Phi) is 5.23. The molecular formula is C21H26N4O2. The van der Waals surface area contributed by atoms with Crippen LogP contribution in [0.2, 0.25) is 0 Å². The van der Waals surface area contributed by atoms with E-state index in [1.165, 1.54) is 24.1 Å². The molecule has 1 saturated heterocycles. The van der Waals surface area contributed by atoms with E-state index in [9.17, 15) is 9.59 Å². The van der Waals surface area contributed by atoms with Gasteiger partial charge in [0.15, 0.2) is 0 Å². The fraction of sp³-hybridized carbons (Fsp3) is 0.476. The molecule has 1 fully saturated rings. The summed E-state index contributed by atoms with van der Waals surface area (Å²) < 4.78 is 0. The molecule has 1 atom stereocenters. The van der Waals surface area contributed by atoms with E-state index in [4.69, 9.17) is 0 Å². The molecule has 1 aliphatic carbocycles. The molecule has 27 heavy (non-hydrogen) atoms. The van der Waals surface area contributed by atoms with Crippen LogP contribution >= 0.6 is 0 Å². The quantitative estimate of drug-likeness (QED) is 0.847. The van der Waals surface area contributed by atoms with Gasteiger partial charge in [-0.2, -0.15) is 5.10 Å². The van der Waals surface area contributed by atoms with Crippen molar-refractivity contribution >= 4 is 11.8 Å². The molecule has 0 unspecified atom stereocenters. The Morgan fingerprint density at radius 2 is 2.00 bits per heavy atom. The van der Waals surface area contributed by atoms with Gasteiger partial charge in [0.05, 0.1) is 5.69 Å². The third-order valence-corrected chi connectivity index (χ3v) is 5.64. The number of nitrogens with one attached hydrogen (secondary N) is 2. The summed E-state index contributed by atoms with van der Waals surface area (Å²) in [6, 6.07) is 9.45. The zero-order chi connectivity index (χ0) is 18.6. The van der Waals surface area contributed by atoms with Crippen LogP contribution < -0.4 is 5.32 Å². The molecule has 2 amide bonds. The average molecular weight is 366 g/mol. The molecular weight excluding hydrogens is 340 g/mol. The molecule has 1 aliphatic heterocycles. The van der Waals surface area contributed by atoms with Crippen molar-refractivity contribution in [2.24, 2.45) is 0 Å². The van der Waals surface area contributed by atoms with Crippen LogP contribution in [-0.4, -0.2) is 46.0 Å². The van der Waals surface area contributed by atoms with Gasteiger partial charge in [0.1, 0.15) is 6.04 Å². The van der Waals surface area contributed by atoms with Gasteiger partial charge in [-0.15, -0.1) is 0 Å². The maximum Gasteiger partial charge on any atom is 0.243 e. The second-order valence-electron chi connectivity index (χ2n) is 7.42. The van der Waals surface area contributed by atoms with Gasteiger partial charge >= 0.3 is 0 Å². The van der Waals surface area contributed by atoms with E-state index in [0.717, 1.165) is 24.1 Å². The number of carbonyl (C=O) groups excluding carboxylic acids is 2. The molecule has 2 aromatic rings. The van der Waals surface area contributed by atoms with Crippen molar-refractivity contribution < 1.29 is 9.59 Å². The second-order valence-corrected chi connectivity index (χ2v) is 7.42. The Hall–Kier alpha value is -2.63. The van der Waals surface area contributed by atoms with E-state index >= 15 is 0 Å². The predicted octanol–water partition coefficient (Wildman–Crippen LogP) is 1.79. The zero-order valence-corrected chi connectivity index (χ0v) is 15.5. The highest BCUT2D eigenvalue weighted by molar-refractivity contribution is 5.89. The summed E-state index contributed by atoms with van der Waals surface area (Å²) in [6.07, 6.45) is 6.10. The van der Waals surface area contributed by atoms with Gasteiger partial charge in [0.2, 0.25) is 11.8 Å². The van der Waals surface area contributed by atoms with Gasteiger partial charge in [0, 0.05) is 38.0 Å². The molecule has 1 aromatic heterocycles. The van der Waals surface area contributed by atoms with Crippen LogP contribution in [0.25, 0.3) is 0 Å². The Morgan fingerprint density at radius 3 is 2.85 bits per heavy atom. The maximum atomic E-state index is 12.9. The lowest BCUT2D eigenvalue weighted by atomic mass is 9.94. The maximum absolute atomic E-state index is 12.9. The molecule has 2 heterocycles. The number of aryl methyl sites for hydroxylation is 2. The lowest BCUT2D eigenvalue weighted by molar-refractivity contribution is -0.143. The topological polar surface area (TPSA) is 78.1 Å². The van der Waals surface area contributed by atoms with Crippen molar-refractivity contribution in [1.29, 1.82) is 0 Å². The molecule has 0 radical (unpaired) electrons. The van der Waals surface area contributed by atoms with Gasteiger partial charge < -0.3 is 10.2 Å². The molecule has 2 aliphatic rings. The number of H-pyrrole nitrogens is 1. The third-order valence-electron chi connectivity index (χ3n) is 5.64. The number of aromatic amines is 1. The van der Waals surface area contributed by atoms with Gasteiger partial charge in [-0.3, -0.25) is 14.7 Å². The van der Waals surface area contributed by atoms with E-state index in [0.29, 0.717) is 32.4 Å². The van der Waals surface area contributed by atoms with Crippen LogP contribution in [0.3, 0.4) is 0 Å². The molecule has 0 spiro atoms. The number of rotatable bonds is 5. The number of piperazine rings is 1. The summed E-state index contributed by atoms with van der Waals surface area (Å²) in [5.41, 5.74) is 4.65. The third kappa shape index (κ3) is 3.89. The van der Waals surface area contributed by atoms with Crippen LogP contribution in [0.15, 0.2) is 30.3 Å². The zero-order valence-electron chi connectivity index (χ0n) is 15.5. The first-order valence-electron chi connectivity index (χ1n) is 9.88. The highest BCUT2D eigenvalue weighted by atomic mass is 16.2. The highest BCUT2D eigenvalue weighted by Crippen LogP contribution is 2.23. The van der Waals surface area contributed by atoms with Crippen molar-refractivity contribution in [2.45, 2.75) is 51.0 Å². The van der Waals surface area contributed by atoms with Crippen molar-refractivity contribution in [3.05, 3.63) is 52.8 Å². The number of nitrogens with zero attached hydrogens (tertiary/aromatic N) is 2.